The molecule has 1 aromatic heterocycles. The summed E-state index contributed by atoms with van der Waals surface area (Å²) in [7, 11) is 0. The number of thiophene rings is 1. The predicted molar refractivity (Wildman–Crippen MR) is 56.7 cm³/mol. The van der Waals surface area contributed by atoms with Gasteiger partial charge in [0, 0.05) is 10.3 Å². The Morgan fingerprint density at radius 2 is 2.13 bits per heavy atom. The van der Waals surface area contributed by atoms with Crippen LogP contribution in [0.4, 0.5) is 4.39 Å². The molecule has 1 aromatic carbocycles. The second-order valence-corrected chi connectivity index (χ2v) is 3.93. The maximum Gasteiger partial charge on any atom is 0.336 e. The van der Waals surface area contributed by atoms with Gasteiger partial charge < -0.3 is 5.11 Å². The summed E-state index contributed by atoms with van der Waals surface area (Å²) >= 11 is 1.29. The number of carboxylic acids is 1. The summed E-state index contributed by atoms with van der Waals surface area (Å²) in [6.45, 7) is 0. The lowest BCUT2D eigenvalue weighted by atomic mass is 10.1. The van der Waals surface area contributed by atoms with Gasteiger partial charge in [0.05, 0.1) is 5.56 Å². The second-order valence-electron chi connectivity index (χ2n) is 3.02. The number of carboxylic acid groups (broad SMARTS) is 1. The molecule has 0 aliphatic carbocycles. The zero-order valence-corrected chi connectivity index (χ0v) is 8.42. The van der Waals surface area contributed by atoms with Crippen LogP contribution in [-0.2, 0) is 0 Å². The van der Waals surface area contributed by atoms with Gasteiger partial charge in [0.25, 0.3) is 0 Å². The molecule has 4 heteroatoms. The number of hydrogen-bond acceptors (Lipinski definition) is 2. The molecule has 0 radical (unpaired) electrons. The average molecular weight is 222 g/mol. The fourth-order valence-corrected chi connectivity index (χ4v) is 2.12. The molecule has 0 aliphatic rings. The van der Waals surface area contributed by atoms with Crippen LogP contribution in [0.25, 0.3) is 10.4 Å². The molecule has 76 valence electrons. The third kappa shape index (κ3) is 2.05. The van der Waals surface area contributed by atoms with E-state index in [2.05, 4.69) is 0 Å². The molecule has 0 unspecified atom stereocenters. The zero-order valence-electron chi connectivity index (χ0n) is 7.61. The van der Waals surface area contributed by atoms with E-state index in [1.807, 2.05) is 0 Å². The van der Waals surface area contributed by atoms with Gasteiger partial charge >= 0.3 is 5.97 Å². The van der Waals surface area contributed by atoms with Crippen molar-refractivity contribution in [1.82, 2.24) is 0 Å². The molecule has 0 spiro atoms. The van der Waals surface area contributed by atoms with E-state index in [0.29, 0.717) is 5.56 Å². The van der Waals surface area contributed by atoms with Crippen LogP contribution in [0.15, 0.2) is 35.7 Å². The van der Waals surface area contributed by atoms with E-state index >= 15 is 0 Å². The summed E-state index contributed by atoms with van der Waals surface area (Å²) in [6, 6.07) is 7.64. The molecule has 2 nitrogen and oxygen atoms in total. The predicted octanol–water partition coefficient (Wildman–Crippen LogP) is 3.25. The first kappa shape index (κ1) is 9.86. The van der Waals surface area contributed by atoms with Gasteiger partial charge in [0.2, 0.25) is 0 Å². The van der Waals surface area contributed by atoms with Gasteiger partial charge in [-0.1, -0.05) is 12.1 Å². The fourth-order valence-electron chi connectivity index (χ4n) is 1.24. The maximum atomic E-state index is 12.9. The minimum absolute atomic E-state index is 0.235. The van der Waals surface area contributed by atoms with E-state index in [0.717, 1.165) is 4.88 Å². The minimum Gasteiger partial charge on any atom is -0.478 e. The maximum absolute atomic E-state index is 12.9. The minimum atomic E-state index is -0.964. The molecule has 2 aromatic rings. The molecule has 0 amide bonds. The highest BCUT2D eigenvalue weighted by Crippen LogP contribution is 2.27. The Labute approximate surface area is 89.6 Å². The van der Waals surface area contributed by atoms with E-state index in [1.54, 1.807) is 23.6 Å². The smallest absolute Gasteiger partial charge is 0.336 e. The van der Waals surface area contributed by atoms with E-state index < -0.39 is 5.97 Å². The van der Waals surface area contributed by atoms with Crippen molar-refractivity contribution in [2.75, 3.05) is 0 Å². The monoisotopic (exact) mass is 222 g/mol. The second kappa shape index (κ2) is 3.82. The van der Waals surface area contributed by atoms with Gasteiger partial charge in [0.1, 0.15) is 5.82 Å². The van der Waals surface area contributed by atoms with Gasteiger partial charge in [0.15, 0.2) is 0 Å². The molecule has 0 atom stereocenters. The summed E-state index contributed by atoms with van der Waals surface area (Å²) in [6.07, 6.45) is 0. The van der Waals surface area contributed by atoms with Crippen molar-refractivity contribution in [3.05, 3.63) is 47.1 Å². The van der Waals surface area contributed by atoms with Crippen LogP contribution < -0.4 is 0 Å². The summed E-state index contributed by atoms with van der Waals surface area (Å²) in [5.41, 5.74) is 0.937. The van der Waals surface area contributed by atoms with E-state index in [1.165, 1.54) is 23.5 Å². The highest BCUT2D eigenvalue weighted by atomic mass is 32.1. The van der Waals surface area contributed by atoms with Crippen LogP contribution in [0.3, 0.4) is 0 Å². The van der Waals surface area contributed by atoms with Crippen LogP contribution in [0.5, 0.6) is 0 Å². The van der Waals surface area contributed by atoms with Crippen molar-refractivity contribution < 1.29 is 14.3 Å². The number of hydrogen-bond donors (Lipinski definition) is 1. The standard InChI is InChI=1S/C11H7FO2S/c12-9-3-1-2-7(4-9)10-5-8(6-15-10)11(13)14/h1-6H,(H,13,14). The van der Waals surface area contributed by atoms with Crippen LogP contribution in [0.2, 0.25) is 0 Å². The normalized spacial score (nSPS) is 10.2. The lowest BCUT2D eigenvalue weighted by Crippen LogP contribution is -1.91. The first-order chi connectivity index (χ1) is 7.16. The molecule has 0 bridgehead atoms. The fraction of sp³-hybridized carbons (Fsp3) is 0. The van der Waals surface area contributed by atoms with E-state index in [-0.39, 0.29) is 11.4 Å². The number of halogens is 1. The molecule has 0 saturated heterocycles. The SMILES string of the molecule is O=C(O)c1csc(-c2cccc(F)c2)c1. The van der Waals surface area contributed by atoms with Gasteiger partial charge in [-0.2, -0.15) is 0 Å². The number of benzene rings is 1. The topological polar surface area (TPSA) is 37.3 Å². The Morgan fingerprint density at radius 3 is 2.73 bits per heavy atom. The molecule has 0 saturated carbocycles. The van der Waals surface area contributed by atoms with Crippen molar-refractivity contribution in [2.45, 2.75) is 0 Å². The number of carbonyl (C=O) groups is 1. The first-order valence-electron chi connectivity index (χ1n) is 4.24. The van der Waals surface area contributed by atoms with E-state index in [4.69, 9.17) is 5.11 Å². The Morgan fingerprint density at radius 1 is 1.33 bits per heavy atom. The lowest BCUT2D eigenvalue weighted by Gasteiger charge is -1.95. The number of rotatable bonds is 2. The molecular weight excluding hydrogens is 215 g/mol. The number of aromatic carboxylic acids is 1. The third-order valence-electron chi connectivity index (χ3n) is 1.96. The lowest BCUT2D eigenvalue weighted by molar-refractivity contribution is 0.0697. The van der Waals surface area contributed by atoms with Gasteiger partial charge in [-0.05, 0) is 23.8 Å². The van der Waals surface area contributed by atoms with Gasteiger partial charge in [-0.3, -0.25) is 0 Å². The largest absolute Gasteiger partial charge is 0.478 e. The van der Waals surface area contributed by atoms with Crippen molar-refractivity contribution in [2.24, 2.45) is 0 Å². The molecule has 2 rings (SSSR count). The Hall–Kier alpha value is -1.68. The van der Waals surface area contributed by atoms with Gasteiger partial charge in [-0.15, -0.1) is 11.3 Å². The van der Waals surface area contributed by atoms with Crippen molar-refractivity contribution in [3.8, 4) is 10.4 Å². The Bertz CT molecular complexity index is 505. The zero-order chi connectivity index (χ0) is 10.8. The van der Waals surface area contributed by atoms with E-state index in [9.17, 15) is 9.18 Å². The summed E-state index contributed by atoms with van der Waals surface area (Å²) in [4.78, 5) is 11.4. The summed E-state index contributed by atoms with van der Waals surface area (Å²) < 4.78 is 12.9. The molecule has 1 N–H and O–H groups in total. The first-order valence-corrected chi connectivity index (χ1v) is 5.12. The summed E-state index contributed by atoms with van der Waals surface area (Å²) in [5, 5.41) is 10.3. The van der Waals surface area contributed by atoms with Crippen molar-refractivity contribution in [1.29, 1.82) is 0 Å². The van der Waals surface area contributed by atoms with Crippen molar-refractivity contribution >= 4 is 17.3 Å². The van der Waals surface area contributed by atoms with Crippen LogP contribution >= 0.6 is 11.3 Å². The highest BCUT2D eigenvalue weighted by molar-refractivity contribution is 7.13. The average Bonchev–Trinajstić information content (AvgIpc) is 2.66. The molecule has 15 heavy (non-hydrogen) atoms. The molecule has 0 fully saturated rings. The van der Waals surface area contributed by atoms with Crippen LogP contribution in [0, 0.1) is 5.82 Å². The van der Waals surface area contributed by atoms with Crippen molar-refractivity contribution in [3.63, 3.8) is 0 Å². The summed E-state index contributed by atoms with van der Waals surface area (Å²) in [5.74, 6) is -1.29. The Balaban J connectivity index is 2.41. The quantitative estimate of drug-likeness (QED) is 0.846. The highest BCUT2D eigenvalue weighted by Gasteiger charge is 2.08. The molecule has 0 aliphatic heterocycles. The molecular formula is C11H7FO2S. The van der Waals surface area contributed by atoms with Crippen LogP contribution in [0.1, 0.15) is 10.4 Å². The third-order valence-corrected chi connectivity index (χ3v) is 2.93. The van der Waals surface area contributed by atoms with Crippen LogP contribution in [-0.4, -0.2) is 11.1 Å². The van der Waals surface area contributed by atoms with Gasteiger partial charge in [-0.25, -0.2) is 9.18 Å². The molecule has 1 heterocycles. The Kier molecular flexibility index (Phi) is 2.51.